The van der Waals surface area contributed by atoms with Crippen molar-refractivity contribution in [3.63, 3.8) is 0 Å². The first-order chi connectivity index (χ1) is 11.3. The van der Waals surface area contributed by atoms with Crippen molar-refractivity contribution in [2.75, 3.05) is 0 Å². The predicted octanol–water partition coefficient (Wildman–Crippen LogP) is 7.91. The van der Waals surface area contributed by atoms with E-state index in [0.29, 0.717) is 0 Å². The number of carbonyl (C=O) groups is 1. The smallest absolute Gasteiger partial charge is 0.330 e. The van der Waals surface area contributed by atoms with E-state index in [9.17, 15) is 4.79 Å². The summed E-state index contributed by atoms with van der Waals surface area (Å²) in [5.41, 5.74) is 0. The van der Waals surface area contributed by atoms with Crippen LogP contribution >= 0.6 is 45.9 Å². The Labute approximate surface area is 173 Å². The molecular weight excluding hydrogens is 516 g/mol. The Bertz CT molecular complexity index is 333. The summed E-state index contributed by atoms with van der Waals surface area (Å²) in [5, 5.41) is 0. The van der Waals surface area contributed by atoms with Gasteiger partial charge in [-0.05, 0) is 25.8 Å². The fraction of sp³-hybridized carbons (Fsp3) is 0.833. The summed E-state index contributed by atoms with van der Waals surface area (Å²) in [6, 6.07) is 1.25. The van der Waals surface area contributed by atoms with Crippen molar-refractivity contribution in [2.45, 2.75) is 96.1 Å². The summed E-state index contributed by atoms with van der Waals surface area (Å²) < 4.78 is 3.79. The van der Waals surface area contributed by atoms with Crippen LogP contribution in [0.5, 0.6) is 0 Å². The lowest BCUT2D eigenvalue weighted by atomic mass is 10.0. The highest BCUT2D eigenvalue weighted by Gasteiger charge is 2.20. The molecule has 0 amide bonds. The van der Waals surface area contributed by atoms with Crippen molar-refractivity contribution >= 4 is 55.8 Å². The molecule has 2 nitrogen and oxygen atoms in total. The van der Waals surface area contributed by atoms with Gasteiger partial charge in [0.05, 0.1) is 6.10 Å². The summed E-state index contributed by atoms with van der Waals surface area (Å²) in [4.78, 5) is 11.0. The summed E-state index contributed by atoms with van der Waals surface area (Å²) in [7, 11) is 0. The number of rotatable bonds is 16. The zero-order chi connectivity index (χ0) is 18.3. The van der Waals surface area contributed by atoms with Gasteiger partial charge in [-0.3, -0.25) is 0 Å². The number of esters is 1. The molecule has 0 saturated heterocycles. The van der Waals surface area contributed by atoms with Gasteiger partial charge in [-0.25, -0.2) is 4.79 Å². The van der Waals surface area contributed by atoms with Gasteiger partial charge in [0, 0.05) is 6.08 Å². The second-order valence-electron chi connectivity index (χ2n) is 6.49. The number of ether oxygens (including phenoxy) is 1. The van der Waals surface area contributed by atoms with Crippen molar-refractivity contribution in [3.05, 3.63) is 12.7 Å². The Morgan fingerprint density at radius 1 is 0.917 bits per heavy atom. The monoisotopic (exact) mass is 546 g/mol. The Balaban J connectivity index is 3.20. The highest BCUT2D eigenvalue weighted by molar-refractivity contribution is 9.72. The van der Waals surface area contributed by atoms with Gasteiger partial charge in [0.1, 0.15) is 0 Å². The van der Waals surface area contributed by atoms with Gasteiger partial charge in [-0.1, -0.05) is 117 Å². The molecular formula is C18H33Br3O2Si. The van der Waals surface area contributed by atoms with Crippen molar-refractivity contribution < 1.29 is 9.53 Å². The first-order valence-electron chi connectivity index (χ1n) is 9.25. The molecule has 24 heavy (non-hydrogen) atoms. The Morgan fingerprint density at radius 2 is 1.33 bits per heavy atom. The maximum atomic E-state index is 11.0. The van der Waals surface area contributed by atoms with Crippen LogP contribution in [0, 0.1) is 0 Å². The standard InChI is InChI=1S/C18H33Br3O2Si/c1-3-18(22)23-17(2)15-13-11-9-7-5-4-6-8-10-12-14-16-24(19,20)21/h3,17H,1,4-16H2,2H3. The minimum absolute atomic E-state index is 0.0157. The van der Waals surface area contributed by atoms with Gasteiger partial charge < -0.3 is 4.74 Å². The molecule has 1 atom stereocenters. The molecule has 0 aliphatic carbocycles. The normalized spacial score (nSPS) is 12.8. The molecule has 6 heteroatoms. The maximum Gasteiger partial charge on any atom is 0.330 e. The van der Waals surface area contributed by atoms with Gasteiger partial charge >= 0.3 is 5.97 Å². The van der Waals surface area contributed by atoms with Crippen LogP contribution in [0.2, 0.25) is 6.04 Å². The van der Waals surface area contributed by atoms with Crippen LogP contribution in [0.15, 0.2) is 12.7 Å². The molecule has 0 aromatic carbocycles. The number of hydrogen-bond acceptors (Lipinski definition) is 2. The van der Waals surface area contributed by atoms with E-state index in [1.54, 1.807) is 0 Å². The van der Waals surface area contributed by atoms with E-state index >= 15 is 0 Å². The lowest BCUT2D eigenvalue weighted by molar-refractivity contribution is -0.142. The third-order valence-corrected chi connectivity index (χ3v) is 8.54. The van der Waals surface area contributed by atoms with Gasteiger partial charge in [0.25, 0.3) is 3.93 Å². The topological polar surface area (TPSA) is 26.3 Å². The van der Waals surface area contributed by atoms with Crippen molar-refractivity contribution in [3.8, 4) is 0 Å². The van der Waals surface area contributed by atoms with E-state index in [1.807, 2.05) is 6.92 Å². The molecule has 142 valence electrons. The number of hydrogen-bond donors (Lipinski definition) is 0. The Hall–Kier alpha value is 0.867. The molecule has 0 fully saturated rings. The molecule has 0 saturated carbocycles. The van der Waals surface area contributed by atoms with Crippen LogP contribution in [0.25, 0.3) is 0 Å². The van der Waals surface area contributed by atoms with Crippen LogP contribution in [0.1, 0.15) is 84.0 Å². The van der Waals surface area contributed by atoms with E-state index in [-0.39, 0.29) is 12.1 Å². The molecule has 0 aliphatic heterocycles. The third kappa shape index (κ3) is 19.2. The molecule has 0 spiro atoms. The summed E-state index contributed by atoms with van der Waals surface area (Å²) in [6.45, 7) is 5.37. The molecule has 0 aromatic heterocycles. The molecule has 0 aliphatic rings. The minimum atomic E-state index is -1.36. The first-order valence-corrected chi connectivity index (χ1v) is 18.2. The predicted molar refractivity (Wildman–Crippen MR) is 118 cm³/mol. The fourth-order valence-electron chi connectivity index (χ4n) is 2.65. The fourth-order valence-corrected chi connectivity index (χ4v) is 5.83. The SMILES string of the molecule is C=CC(=O)OC(C)CCCCCCCCCCCCC[Si](Br)(Br)Br. The quantitative estimate of drug-likeness (QED) is 0.0644. The second kappa shape index (κ2) is 16.1. The second-order valence-corrected chi connectivity index (χ2v) is 30.0. The number of unbranched alkanes of at least 4 members (excludes halogenated alkanes) is 10. The van der Waals surface area contributed by atoms with Crippen molar-refractivity contribution in [1.82, 2.24) is 0 Å². The lowest BCUT2D eigenvalue weighted by Crippen LogP contribution is -2.12. The highest BCUT2D eigenvalue weighted by Crippen LogP contribution is 2.33. The van der Waals surface area contributed by atoms with Gasteiger partial charge in [-0.15, -0.1) is 0 Å². The van der Waals surface area contributed by atoms with Crippen molar-refractivity contribution in [2.24, 2.45) is 0 Å². The van der Waals surface area contributed by atoms with Gasteiger partial charge in [-0.2, -0.15) is 0 Å². The summed E-state index contributed by atoms with van der Waals surface area (Å²) in [6.07, 6.45) is 16.8. The number of carbonyl (C=O) groups excluding carboxylic acids is 1. The van der Waals surface area contributed by atoms with E-state index in [1.165, 1.54) is 76.3 Å². The molecule has 1 unspecified atom stereocenters. The van der Waals surface area contributed by atoms with Crippen LogP contribution in [0.4, 0.5) is 0 Å². The van der Waals surface area contributed by atoms with Crippen LogP contribution in [-0.4, -0.2) is 16.0 Å². The minimum Gasteiger partial charge on any atom is -0.460 e. The van der Waals surface area contributed by atoms with E-state index in [4.69, 9.17) is 4.74 Å². The largest absolute Gasteiger partial charge is 0.460 e. The molecule has 0 radical (unpaired) electrons. The van der Waals surface area contributed by atoms with Crippen LogP contribution in [-0.2, 0) is 9.53 Å². The summed E-state index contributed by atoms with van der Waals surface area (Å²) in [5.74, 6) is -0.310. The molecule has 0 rings (SSSR count). The summed E-state index contributed by atoms with van der Waals surface area (Å²) >= 11 is 11.0. The zero-order valence-corrected chi connectivity index (χ0v) is 20.8. The van der Waals surface area contributed by atoms with Gasteiger partial charge in [0.2, 0.25) is 0 Å². The Morgan fingerprint density at radius 3 is 1.75 bits per heavy atom. The van der Waals surface area contributed by atoms with Crippen LogP contribution < -0.4 is 0 Å². The highest BCUT2D eigenvalue weighted by atomic mass is 80.0. The molecule has 0 aromatic rings. The van der Waals surface area contributed by atoms with Crippen LogP contribution in [0.3, 0.4) is 0 Å². The average Bonchev–Trinajstić information content (AvgIpc) is 2.50. The zero-order valence-electron chi connectivity index (χ0n) is 15.0. The van der Waals surface area contributed by atoms with E-state index in [2.05, 4.69) is 52.5 Å². The lowest BCUT2D eigenvalue weighted by Gasteiger charge is -2.11. The van der Waals surface area contributed by atoms with Gasteiger partial charge in [0.15, 0.2) is 0 Å². The molecule has 0 N–H and O–H groups in total. The third-order valence-electron chi connectivity index (χ3n) is 4.05. The van der Waals surface area contributed by atoms with Crippen molar-refractivity contribution in [1.29, 1.82) is 0 Å². The average molecular weight is 549 g/mol. The first kappa shape index (κ1) is 24.9. The molecule has 0 bridgehead atoms. The molecule has 0 heterocycles. The van der Waals surface area contributed by atoms with E-state index < -0.39 is 3.93 Å². The van der Waals surface area contributed by atoms with E-state index in [0.717, 1.165) is 12.8 Å². The maximum absolute atomic E-state index is 11.0. The number of halogens is 3. The Kier molecular flexibility index (Phi) is 16.7.